The van der Waals surface area contributed by atoms with Gasteiger partial charge < -0.3 is 4.74 Å². The molecule has 3 heteroatoms. The van der Waals surface area contributed by atoms with Crippen molar-refractivity contribution in [1.29, 1.82) is 0 Å². The molecule has 0 aromatic heterocycles. The number of carbonyl (C=O) groups excluding carboxylic acids is 1. The van der Waals surface area contributed by atoms with Gasteiger partial charge in [-0.3, -0.25) is 4.79 Å². The smallest absolute Gasteiger partial charge is 0.155 e. The van der Waals surface area contributed by atoms with Crippen LogP contribution in [0.5, 0.6) is 0 Å². The first kappa shape index (κ1) is 15.3. The average Bonchev–Trinajstić information content (AvgIpc) is 2.89. The van der Waals surface area contributed by atoms with Gasteiger partial charge in [-0.25, -0.2) is 0 Å². The molecule has 0 bridgehead atoms. The lowest BCUT2D eigenvalue weighted by Gasteiger charge is -2.58. The zero-order valence-electron chi connectivity index (χ0n) is 14.1. The highest BCUT2D eigenvalue weighted by Gasteiger charge is 2.58. The fraction of sp³-hybridized carbons (Fsp3) is 0.842. The van der Waals surface area contributed by atoms with E-state index in [1.165, 1.54) is 24.8 Å². The molecule has 122 valence electrons. The quantitative estimate of drug-likeness (QED) is 0.728. The van der Waals surface area contributed by atoms with E-state index in [1.807, 2.05) is 17.8 Å². The lowest BCUT2D eigenvalue weighted by molar-refractivity contribution is -0.117. The highest BCUT2D eigenvalue weighted by Crippen LogP contribution is 2.63. The van der Waals surface area contributed by atoms with Gasteiger partial charge in [0, 0.05) is 11.7 Å². The van der Waals surface area contributed by atoms with Gasteiger partial charge in [-0.15, -0.1) is 0 Å². The highest BCUT2D eigenvalue weighted by atomic mass is 32.2. The van der Waals surface area contributed by atoms with Crippen molar-refractivity contribution in [2.45, 2.75) is 51.2 Å². The molecule has 0 amide bonds. The molecular formula is C19H28O2S. The van der Waals surface area contributed by atoms with Gasteiger partial charge in [0.25, 0.3) is 0 Å². The average molecular weight is 320 g/mol. The van der Waals surface area contributed by atoms with Crippen molar-refractivity contribution in [3.63, 3.8) is 0 Å². The Balaban J connectivity index is 1.74. The third-order valence-corrected chi connectivity index (χ3v) is 8.50. The molecule has 0 N–H and O–H groups in total. The predicted octanol–water partition coefficient (Wildman–Crippen LogP) is 4.10. The molecule has 1 aliphatic heterocycles. The number of hydrogen-bond acceptors (Lipinski definition) is 3. The molecule has 3 aliphatic carbocycles. The number of ketones is 1. The van der Waals surface area contributed by atoms with E-state index in [0.717, 1.165) is 43.8 Å². The molecular weight excluding hydrogens is 292 g/mol. The molecule has 1 heterocycles. The number of ether oxygens (including phenoxy) is 1. The Labute approximate surface area is 138 Å². The van der Waals surface area contributed by atoms with Crippen molar-refractivity contribution in [2.24, 2.45) is 28.6 Å². The fourth-order valence-corrected chi connectivity index (χ4v) is 7.13. The SMILES string of the molecule is CS[C@@H]1C[C@H]2[C@@H]3COC[C@@]3(C)CC[C@@H]2[C@@]2(C)CCC(=O)C=C12. The van der Waals surface area contributed by atoms with Crippen LogP contribution in [-0.2, 0) is 9.53 Å². The molecule has 0 aromatic carbocycles. The van der Waals surface area contributed by atoms with Crippen molar-refractivity contribution >= 4 is 17.5 Å². The number of fused-ring (bicyclic) bond motifs is 5. The van der Waals surface area contributed by atoms with Crippen molar-refractivity contribution in [1.82, 2.24) is 0 Å². The summed E-state index contributed by atoms with van der Waals surface area (Å²) in [5, 5.41) is 0.540. The minimum atomic E-state index is 0.258. The second-order valence-electron chi connectivity index (χ2n) is 8.53. The Morgan fingerprint density at radius 2 is 2.09 bits per heavy atom. The molecule has 3 fully saturated rings. The predicted molar refractivity (Wildman–Crippen MR) is 91.0 cm³/mol. The minimum absolute atomic E-state index is 0.258. The van der Waals surface area contributed by atoms with Gasteiger partial charge in [-0.2, -0.15) is 11.8 Å². The van der Waals surface area contributed by atoms with Gasteiger partial charge in [0.05, 0.1) is 13.2 Å². The lowest BCUT2D eigenvalue weighted by Crippen LogP contribution is -2.53. The summed E-state index contributed by atoms with van der Waals surface area (Å²) in [6.07, 6.45) is 9.95. The summed E-state index contributed by atoms with van der Waals surface area (Å²) >= 11 is 1.96. The summed E-state index contributed by atoms with van der Waals surface area (Å²) in [4.78, 5) is 12.0. The first-order valence-electron chi connectivity index (χ1n) is 8.83. The molecule has 1 saturated heterocycles. The maximum absolute atomic E-state index is 12.0. The van der Waals surface area contributed by atoms with Gasteiger partial charge in [-0.05, 0) is 72.2 Å². The summed E-state index contributed by atoms with van der Waals surface area (Å²) in [6, 6.07) is 0. The second-order valence-corrected chi connectivity index (χ2v) is 9.57. The van der Waals surface area contributed by atoms with Crippen molar-refractivity contribution in [2.75, 3.05) is 19.5 Å². The number of thioether (sulfide) groups is 1. The van der Waals surface area contributed by atoms with Gasteiger partial charge >= 0.3 is 0 Å². The first-order chi connectivity index (χ1) is 10.5. The van der Waals surface area contributed by atoms with E-state index in [2.05, 4.69) is 20.1 Å². The Kier molecular flexibility index (Phi) is 3.54. The number of hydrogen-bond donors (Lipinski definition) is 0. The topological polar surface area (TPSA) is 26.3 Å². The molecule has 22 heavy (non-hydrogen) atoms. The number of rotatable bonds is 1. The molecule has 0 radical (unpaired) electrons. The maximum atomic E-state index is 12.0. The Hall–Kier alpha value is -0.280. The molecule has 0 unspecified atom stereocenters. The molecule has 0 spiro atoms. The largest absolute Gasteiger partial charge is 0.381 e. The molecule has 2 saturated carbocycles. The monoisotopic (exact) mass is 320 g/mol. The molecule has 4 rings (SSSR count). The number of carbonyl (C=O) groups is 1. The van der Waals surface area contributed by atoms with Crippen LogP contribution in [0.3, 0.4) is 0 Å². The van der Waals surface area contributed by atoms with Gasteiger partial charge in [0.2, 0.25) is 0 Å². The summed E-state index contributed by atoms with van der Waals surface area (Å²) < 4.78 is 5.92. The summed E-state index contributed by atoms with van der Waals surface area (Å²) in [5.74, 6) is 2.64. The Morgan fingerprint density at radius 3 is 2.86 bits per heavy atom. The zero-order chi connectivity index (χ0) is 15.5. The van der Waals surface area contributed by atoms with E-state index < -0.39 is 0 Å². The van der Waals surface area contributed by atoms with Crippen LogP contribution >= 0.6 is 11.8 Å². The van der Waals surface area contributed by atoms with Crippen LogP contribution in [0.25, 0.3) is 0 Å². The van der Waals surface area contributed by atoms with E-state index >= 15 is 0 Å². The zero-order valence-corrected chi connectivity index (χ0v) is 14.9. The van der Waals surface area contributed by atoms with Gasteiger partial charge in [-0.1, -0.05) is 13.8 Å². The van der Waals surface area contributed by atoms with Crippen molar-refractivity contribution in [3.05, 3.63) is 11.6 Å². The molecule has 6 atom stereocenters. The van der Waals surface area contributed by atoms with Crippen LogP contribution in [0.4, 0.5) is 0 Å². The van der Waals surface area contributed by atoms with E-state index in [9.17, 15) is 4.79 Å². The van der Waals surface area contributed by atoms with E-state index in [-0.39, 0.29) is 5.41 Å². The third kappa shape index (κ3) is 2.00. The highest BCUT2D eigenvalue weighted by molar-refractivity contribution is 7.99. The molecule has 4 aliphatic rings. The first-order valence-corrected chi connectivity index (χ1v) is 10.1. The van der Waals surface area contributed by atoms with Crippen LogP contribution < -0.4 is 0 Å². The maximum Gasteiger partial charge on any atom is 0.155 e. The van der Waals surface area contributed by atoms with Crippen molar-refractivity contribution in [3.8, 4) is 0 Å². The minimum Gasteiger partial charge on any atom is -0.381 e. The third-order valence-electron chi connectivity index (χ3n) is 7.49. The summed E-state index contributed by atoms with van der Waals surface area (Å²) in [5.41, 5.74) is 2.14. The van der Waals surface area contributed by atoms with Crippen LogP contribution in [0.1, 0.15) is 46.0 Å². The van der Waals surface area contributed by atoms with E-state index in [4.69, 9.17) is 4.74 Å². The van der Waals surface area contributed by atoms with Gasteiger partial charge in [0.15, 0.2) is 5.78 Å². The summed E-state index contributed by atoms with van der Waals surface area (Å²) in [6.45, 7) is 6.84. The fourth-order valence-electron chi connectivity index (χ4n) is 6.12. The standard InChI is InChI=1S/C19H28O2S/c1-18-6-5-14-13(16(18)10-21-11-18)9-17(22-3)15-8-12(20)4-7-19(14,15)2/h8,13-14,16-17H,4-7,9-11H2,1-3H3/t13-,14+,16+,17-,18-,19-/m1/s1. The van der Waals surface area contributed by atoms with Crippen LogP contribution in [0, 0.1) is 28.6 Å². The van der Waals surface area contributed by atoms with Gasteiger partial charge in [0.1, 0.15) is 0 Å². The normalized spacial score (nSPS) is 50.9. The lowest BCUT2D eigenvalue weighted by atomic mass is 9.47. The number of allylic oxidation sites excluding steroid dienone is 1. The molecule has 2 nitrogen and oxygen atoms in total. The Bertz CT molecular complexity index is 528. The van der Waals surface area contributed by atoms with Crippen LogP contribution in [0.2, 0.25) is 0 Å². The Morgan fingerprint density at radius 1 is 1.27 bits per heavy atom. The van der Waals surface area contributed by atoms with Crippen LogP contribution in [-0.4, -0.2) is 30.5 Å². The summed E-state index contributed by atoms with van der Waals surface area (Å²) in [7, 11) is 0. The van der Waals surface area contributed by atoms with Crippen molar-refractivity contribution < 1.29 is 9.53 Å². The molecule has 0 aromatic rings. The second kappa shape index (κ2) is 5.11. The van der Waals surface area contributed by atoms with E-state index in [0.29, 0.717) is 16.4 Å². The van der Waals surface area contributed by atoms with Crippen LogP contribution in [0.15, 0.2) is 11.6 Å². The van der Waals surface area contributed by atoms with E-state index in [1.54, 1.807) is 0 Å².